The van der Waals surface area contributed by atoms with Crippen LogP contribution in [-0.4, -0.2) is 23.1 Å². The van der Waals surface area contributed by atoms with Gasteiger partial charge in [-0.1, -0.05) is 91.0 Å². The van der Waals surface area contributed by atoms with Gasteiger partial charge in [0.2, 0.25) is 0 Å². The third-order valence-electron chi connectivity index (χ3n) is 6.84. The number of rotatable bonds is 10. The Bertz CT molecular complexity index is 1290. The molecule has 2 unspecified atom stereocenters. The van der Waals surface area contributed by atoms with Crippen LogP contribution >= 0.6 is 0 Å². The van der Waals surface area contributed by atoms with Crippen LogP contribution in [0.4, 0.5) is 0 Å². The summed E-state index contributed by atoms with van der Waals surface area (Å²) < 4.78 is 5.54. The van der Waals surface area contributed by atoms with Gasteiger partial charge in [-0.3, -0.25) is 9.69 Å². The second kappa shape index (κ2) is 11.7. The molecule has 4 nitrogen and oxygen atoms in total. The van der Waals surface area contributed by atoms with E-state index >= 15 is 0 Å². The van der Waals surface area contributed by atoms with Gasteiger partial charge in [0.15, 0.2) is 0 Å². The highest BCUT2D eigenvalue weighted by Gasteiger charge is 2.28. The van der Waals surface area contributed by atoms with E-state index in [-0.39, 0.29) is 18.5 Å². The molecule has 0 amide bonds. The molecular formula is C32H33NO3. The number of carbonyl (C=O) groups is 1. The first-order chi connectivity index (χ1) is 17.5. The summed E-state index contributed by atoms with van der Waals surface area (Å²) in [5.41, 5.74) is 6.47. The SMILES string of the molecule is COc1cccc(-c2cccc(C(CC(=O)O)N(Cc3ccccc3)C(C)c3ccccc3)c2)c1C. The Hall–Kier alpha value is -3.89. The lowest BCUT2D eigenvalue weighted by atomic mass is 9.92. The van der Waals surface area contributed by atoms with Gasteiger partial charge in [0, 0.05) is 18.6 Å². The molecule has 0 aliphatic rings. The molecular weight excluding hydrogens is 446 g/mol. The summed E-state index contributed by atoms with van der Waals surface area (Å²) in [7, 11) is 1.68. The van der Waals surface area contributed by atoms with Crippen molar-refractivity contribution >= 4 is 5.97 Å². The van der Waals surface area contributed by atoms with Crippen LogP contribution in [0.3, 0.4) is 0 Å². The second-order valence-corrected chi connectivity index (χ2v) is 9.12. The highest BCUT2D eigenvalue weighted by molar-refractivity contribution is 5.71. The minimum atomic E-state index is -0.818. The molecule has 0 aliphatic carbocycles. The molecule has 0 radical (unpaired) electrons. The van der Waals surface area contributed by atoms with Crippen molar-refractivity contribution < 1.29 is 14.6 Å². The smallest absolute Gasteiger partial charge is 0.305 e. The first kappa shape index (κ1) is 25.2. The summed E-state index contributed by atoms with van der Waals surface area (Å²) in [5, 5.41) is 9.97. The summed E-state index contributed by atoms with van der Waals surface area (Å²) >= 11 is 0. The normalized spacial score (nSPS) is 12.8. The summed E-state index contributed by atoms with van der Waals surface area (Å²) in [6, 6.07) is 34.5. The molecule has 36 heavy (non-hydrogen) atoms. The molecule has 0 saturated heterocycles. The monoisotopic (exact) mass is 479 g/mol. The van der Waals surface area contributed by atoms with E-state index in [1.165, 1.54) is 0 Å². The molecule has 0 aliphatic heterocycles. The average molecular weight is 480 g/mol. The highest BCUT2D eigenvalue weighted by Crippen LogP contribution is 2.37. The molecule has 0 aromatic heterocycles. The van der Waals surface area contributed by atoms with Crippen LogP contribution < -0.4 is 4.74 Å². The predicted molar refractivity (Wildman–Crippen MR) is 145 cm³/mol. The van der Waals surface area contributed by atoms with E-state index in [1.54, 1.807) is 7.11 Å². The van der Waals surface area contributed by atoms with E-state index in [0.717, 1.165) is 39.1 Å². The number of methoxy groups -OCH3 is 1. The lowest BCUT2D eigenvalue weighted by Gasteiger charge is -2.37. The van der Waals surface area contributed by atoms with E-state index in [9.17, 15) is 9.90 Å². The molecule has 4 aromatic rings. The maximum atomic E-state index is 12.1. The average Bonchev–Trinajstić information content (AvgIpc) is 2.91. The van der Waals surface area contributed by atoms with Gasteiger partial charge in [0.25, 0.3) is 0 Å². The lowest BCUT2D eigenvalue weighted by Crippen LogP contribution is -2.32. The fraction of sp³-hybridized carbons (Fsp3) is 0.219. The fourth-order valence-electron chi connectivity index (χ4n) is 4.89. The first-order valence-corrected chi connectivity index (χ1v) is 12.3. The number of carboxylic acid groups (broad SMARTS) is 1. The molecule has 0 bridgehead atoms. The minimum absolute atomic E-state index is 0.00452. The third-order valence-corrected chi connectivity index (χ3v) is 6.84. The van der Waals surface area contributed by atoms with Crippen molar-refractivity contribution in [1.82, 2.24) is 4.90 Å². The number of nitrogens with zero attached hydrogens (tertiary/aromatic N) is 1. The molecule has 1 N–H and O–H groups in total. The van der Waals surface area contributed by atoms with Crippen molar-refractivity contribution in [2.24, 2.45) is 0 Å². The lowest BCUT2D eigenvalue weighted by molar-refractivity contribution is -0.138. The zero-order valence-corrected chi connectivity index (χ0v) is 21.1. The molecule has 0 fully saturated rings. The summed E-state index contributed by atoms with van der Waals surface area (Å²) in [6.45, 7) is 4.84. The maximum Gasteiger partial charge on any atom is 0.305 e. The van der Waals surface area contributed by atoms with Crippen molar-refractivity contribution in [2.45, 2.75) is 38.9 Å². The Morgan fingerprint density at radius 3 is 2.17 bits per heavy atom. The van der Waals surface area contributed by atoms with Crippen molar-refractivity contribution in [2.75, 3.05) is 7.11 Å². The van der Waals surface area contributed by atoms with Gasteiger partial charge < -0.3 is 9.84 Å². The molecule has 2 atom stereocenters. The van der Waals surface area contributed by atoms with Gasteiger partial charge >= 0.3 is 5.97 Å². The highest BCUT2D eigenvalue weighted by atomic mass is 16.5. The van der Waals surface area contributed by atoms with Crippen LogP contribution in [0, 0.1) is 6.92 Å². The van der Waals surface area contributed by atoms with Crippen LogP contribution in [0.5, 0.6) is 5.75 Å². The van der Waals surface area contributed by atoms with E-state index in [2.05, 4.69) is 61.2 Å². The largest absolute Gasteiger partial charge is 0.496 e. The number of hydrogen-bond acceptors (Lipinski definition) is 3. The number of hydrogen-bond donors (Lipinski definition) is 1. The number of aliphatic carboxylic acids is 1. The van der Waals surface area contributed by atoms with Crippen molar-refractivity contribution in [3.05, 3.63) is 125 Å². The van der Waals surface area contributed by atoms with E-state index < -0.39 is 5.97 Å². The number of carboxylic acids is 1. The molecule has 4 aromatic carbocycles. The van der Waals surface area contributed by atoms with Crippen LogP contribution in [-0.2, 0) is 11.3 Å². The van der Waals surface area contributed by atoms with E-state index in [0.29, 0.717) is 6.54 Å². The molecule has 184 valence electrons. The Kier molecular flexibility index (Phi) is 8.19. The topological polar surface area (TPSA) is 49.8 Å². The predicted octanol–water partition coefficient (Wildman–Crippen LogP) is 7.45. The summed E-state index contributed by atoms with van der Waals surface area (Å²) in [4.78, 5) is 14.5. The van der Waals surface area contributed by atoms with Crippen LogP contribution in [0.25, 0.3) is 11.1 Å². The van der Waals surface area contributed by atoms with Gasteiger partial charge in [0.1, 0.15) is 5.75 Å². The van der Waals surface area contributed by atoms with Crippen LogP contribution in [0.2, 0.25) is 0 Å². The summed E-state index contributed by atoms with van der Waals surface area (Å²) in [5.74, 6) is 0.0182. The van der Waals surface area contributed by atoms with Gasteiger partial charge in [-0.2, -0.15) is 0 Å². The Morgan fingerprint density at radius 2 is 1.50 bits per heavy atom. The van der Waals surface area contributed by atoms with E-state index in [1.807, 2.05) is 60.7 Å². The standard InChI is InChI=1S/C32H33NO3/c1-23-29(18-11-19-31(23)36-3)27-16-10-17-28(20-27)30(21-32(34)35)33(22-25-12-6-4-7-13-25)24(2)26-14-8-5-9-15-26/h4-20,24,30H,21-22H2,1-3H3,(H,34,35). The first-order valence-electron chi connectivity index (χ1n) is 12.3. The van der Waals surface area contributed by atoms with E-state index in [4.69, 9.17) is 4.74 Å². The van der Waals surface area contributed by atoms with Crippen molar-refractivity contribution in [1.29, 1.82) is 0 Å². The number of ether oxygens (including phenoxy) is 1. The zero-order valence-electron chi connectivity index (χ0n) is 21.1. The van der Waals surface area contributed by atoms with Crippen molar-refractivity contribution in [3.8, 4) is 16.9 Å². The molecule has 0 spiro atoms. The third kappa shape index (κ3) is 5.84. The Balaban J connectivity index is 1.80. The van der Waals surface area contributed by atoms with Gasteiger partial charge in [0.05, 0.1) is 13.5 Å². The molecule has 0 saturated carbocycles. The number of benzene rings is 4. The Labute approximate surface area is 213 Å². The van der Waals surface area contributed by atoms with Crippen LogP contribution in [0.15, 0.2) is 103 Å². The molecule has 0 heterocycles. The quantitative estimate of drug-likeness (QED) is 0.257. The Morgan fingerprint density at radius 1 is 0.861 bits per heavy atom. The van der Waals surface area contributed by atoms with Gasteiger partial charge in [-0.15, -0.1) is 0 Å². The van der Waals surface area contributed by atoms with Crippen molar-refractivity contribution in [3.63, 3.8) is 0 Å². The molecule has 4 rings (SSSR count). The fourth-order valence-corrected chi connectivity index (χ4v) is 4.89. The second-order valence-electron chi connectivity index (χ2n) is 9.12. The summed E-state index contributed by atoms with van der Waals surface area (Å²) in [6.07, 6.45) is 0.00452. The minimum Gasteiger partial charge on any atom is -0.496 e. The zero-order chi connectivity index (χ0) is 25.5. The van der Waals surface area contributed by atoms with Crippen LogP contribution in [0.1, 0.15) is 47.7 Å². The van der Waals surface area contributed by atoms with Gasteiger partial charge in [-0.25, -0.2) is 0 Å². The maximum absolute atomic E-state index is 12.1. The van der Waals surface area contributed by atoms with Gasteiger partial charge in [-0.05, 0) is 59.4 Å². The molecule has 4 heteroatoms.